The molecule has 0 fully saturated rings. The molecule has 0 heterocycles. The van der Waals surface area contributed by atoms with Gasteiger partial charge in [-0.25, -0.2) is 0 Å². The Hall–Kier alpha value is -2.93. The summed E-state index contributed by atoms with van der Waals surface area (Å²) in [4.78, 5) is 27.1. The number of rotatable bonds is 7. The molecule has 2 aromatic rings. The SMILES string of the molecule is CC(C(=O)c1ccccc1)C(=O)C(C)C(C#N)N(C)c1ccccc1. The van der Waals surface area contributed by atoms with E-state index in [1.54, 1.807) is 50.1 Å². The Morgan fingerprint density at radius 3 is 2.00 bits per heavy atom. The standard InChI is InChI=1S/C21H22N2O2/c1-15(19(14-22)23(3)18-12-8-5-9-13-18)20(24)16(2)21(25)17-10-6-4-7-11-17/h4-13,15-16,19H,1-3H3. The fourth-order valence-corrected chi connectivity index (χ4v) is 2.89. The molecule has 0 aliphatic carbocycles. The second-order valence-corrected chi connectivity index (χ2v) is 6.16. The molecule has 3 unspecified atom stereocenters. The van der Waals surface area contributed by atoms with Gasteiger partial charge in [0.15, 0.2) is 5.78 Å². The lowest BCUT2D eigenvalue weighted by molar-refractivity contribution is -0.124. The Bertz CT molecular complexity index is 765. The molecule has 0 N–H and O–H groups in total. The first-order valence-electron chi connectivity index (χ1n) is 8.27. The van der Waals surface area contributed by atoms with Crippen LogP contribution in [0.25, 0.3) is 0 Å². The number of para-hydroxylation sites is 1. The van der Waals surface area contributed by atoms with E-state index in [1.807, 2.05) is 36.4 Å². The average Bonchev–Trinajstić information content (AvgIpc) is 2.67. The molecule has 0 aliphatic rings. The van der Waals surface area contributed by atoms with Gasteiger partial charge in [-0.05, 0) is 19.1 Å². The van der Waals surface area contributed by atoms with Crippen LogP contribution in [0.5, 0.6) is 0 Å². The lowest BCUT2D eigenvalue weighted by Gasteiger charge is -2.29. The summed E-state index contributed by atoms with van der Waals surface area (Å²) in [5.41, 5.74) is 1.37. The summed E-state index contributed by atoms with van der Waals surface area (Å²) >= 11 is 0. The molecular weight excluding hydrogens is 312 g/mol. The largest absolute Gasteiger partial charge is 0.358 e. The maximum Gasteiger partial charge on any atom is 0.173 e. The van der Waals surface area contributed by atoms with Gasteiger partial charge in [0.1, 0.15) is 11.8 Å². The summed E-state index contributed by atoms with van der Waals surface area (Å²) in [6.45, 7) is 3.33. The minimum atomic E-state index is -0.780. The number of carbonyl (C=O) groups is 2. The minimum Gasteiger partial charge on any atom is -0.358 e. The van der Waals surface area contributed by atoms with Crippen LogP contribution in [-0.2, 0) is 4.79 Å². The lowest BCUT2D eigenvalue weighted by atomic mass is 9.85. The third kappa shape index (κ3) is 4.13. The van der Waals surface area contributed by atoms with Gasteiger partial charge in [0.2, 0.25) is 0 Å². The zero-order valence-electron chi connectivity index (χ0n) is 14.7. The molecule has 25 heavy (non-hydrogen) atoms. The Kier molecular flexibility index (Phi) is 6.08. The number of nitriles is 1. The summed E-state index contributed by atoms with van der Waals surface area (Å²) in [6.07, 6.45) is 0. The Labute approximate surface area is 148 Å². The zero-order valence-corrected chi connectivity index (χ0v) is 14.7. The first kappa shape index (κ1) is 18.4. The lowest BCUT2D eigenvalue weighted by Crippen LogP contribution is -2.42. The molecule has 128 valence electrons. The van der Waals surface area contributed by atoms with E-state index >= 15 is 0 Å². The molecule has 2 rings (SSSR count). The normalized spacial score (nSPS) is 14.0. The van der Waals surface area contributed by atoms with Crippen LogP contribution in [-0.4, -0.2) is 24.7 Å². The first-order valence-corrected chi connectivity index (χ1v) is 8.27. The third-order valence-corrected chi connectivity index (χ3v) is 4.51. The molecule has 0 radical (unpaired) electrons. The van der Waals surface area contributed by atoms with E-state index in [-0.39, 0.29) is 11.6 Å². The van der Waals surface area contributed by atoms with E-state index in [0.29, 0.717) is 5.56 Å². The number of ketones is 2. The van der Waals surface area contributed by atoms with Gasteiger partial charge in [-0.2, -0.15) is 5.26 Å². The highest BCUT2D eigenvalue weighted by Gasteiger charge is 2.33. The maximum atomic E-state index is 12.8. The predicted molar refractivity (Wildman–Crippen MR) is 98.4 cm³/mol. The van der Waals surface area contributed by atoms with E-state index in [1.165, 1.54) is 0 Å². The highest BCUT2D eigenvalue weighted by Crippen LogP contribution is 2.22. The van der Waals surface area contributed by atoms with E-state index in [0.717, 1.165) is 5.69 Å². The summed E-state index contributed by atoms with van der Waals surface area (Å²) in [7, 11) is 1.79. The van der Waals surface area contributed by atoms with E-state index in [9.17, 15) is 14.9 Å². The number of anilines is 1. The van der Waals surface area contributed by atoms with Crippen LogP contribution >= 0.6 is 0 Å². The van der Waals surface area contributed by atoms with Crippen molar-refractivity contribution in [1.29, 1.82) is 5.26 Å². The van der Waals surface area contributed by atoms with Crippen LogP contribution in [0, 0.1) is 23.2 Å². The highest BCUT2D eigenvalue weighted by atomic mass is 16.2. The molecule has 0 aliphatic heterocycles. The van der Waals surface area contributed by atoms with Crippen molar-refractivity contribution in [3.8, 4) is 6.07 Å². The highest BCUT2D eigenvalue weighted by molar-refractivity contribution is 6.11. The van der Waals surface area contributed by atoms with Crippen molar-refractivity contribution in [2.24, 2.45) is 11.8 Å². The average molecular weight is 334 g/mol. The Morgan fingerprint density at radius 1 is 0.960 bits per heavy atom. The van der Waals surface area contributed by atoms with Crippen molar-refractivity contribution < 1.29 is 9.59 Å². The van der Waals surface area contributed by atoms with Crippen LogP contribution in [0.15, 0.2) is 60.7 Å². The molecule has 3 atom stereocenters. The van der Waals surface area contributed by atoms with Gasteiger partial charge in [0.25, 0.3) is 0 Å². The monoisotopic (exact) mass is 334 g/mol. The van der Waals surface area contributed by atoms with Crippen molar-refractivity contribution in [1.82, 2.24) is 0 Å². The smallest absolute Gasteiger partial charge is 0.173 e. The number of hydrogen-bond acceptors (Lipinski definition) is 4. The summed E-state index contributed by atoms with van der Waals surface area (Å²) in [5, 5.41) is 9.59. The Morgan fingerprint density at radius 2 is 1.48 bits per heavy atom. The first-order chi connectivity index (χ1) is 12.0. The van der Waals surface area contributed by atoms with Crippen LogP contribution in [0.3, 0.4) is 0 Å². The van der Waals surface area contributed by atoms with Gasteiger partial charge in [-0.1, -0.05) is 55.5 Å². The molecule has 0 saturated heterocycles. The molecule has 0 amide bonds. The zero-order chi connectivity index (χ0) is 18.4. The van der Waals surface area contributed by atoms with Gasteiger partial charge in [-0.15, -0.1) is 0 Å². The van der Waals surface area contributed by atoms with E-state index in [4.69, 9.17) is 0 Å². The number of benzene rings is 2. The summed E-state index contributed by atoms with van der Waals surface area (Å²) in [6, 6.07) is 19.8. The molecule has 0 aromatic heterocycles. The molecule has 4 nitrogen and oxygen atoms in total. The Balaban J connectivity index is 2.17. The van der Waals surface area contributed by atoms with Gasteiger partial charge < -0.3 is 4.90 Å². The fourth-order valence-electron chi connectivity index (χ4n) is 2.89. The van der Waals surface area contributed by atoms with Crippen molar-refractivity contribution >= 4 is 17.3 Å². The second-order valence-electron chi connectivity index (χ2n) is 6.16. The number of carbonyl (C=O) groups excluding carboxylic acids is 2. The summed E-state index contributed by atoms with van der Waals surface area (Å²) < 4.78 is 0. The van der Waals surface area contributed by atoms with Crippen molar-refractivity contribution in [3.63, 3.8) is 0 Å². The third-order valence-electron chi connectivity index (χ3n) is 4.51. The van der Waals surface area contributed by atoms with Gasteiger partial charge in [0.05, 0.1) is 12.0 Å². The second kappa shape index (κ2) is 8.25. The fraction of sp³-hybridized carbons (Fsp3) is 0.286. The molecule has 0 spiro atoms. The molecule has 0 saturated carbocycles. The van der Waals surface area contributed by atoms with Crippen LogP contribution < -0.4 is 4.90 Å². The predicted octanol–water partition coefficient (Wildman–Crippen LogP) is 3.74. The summed E-state index contributed by atoms with van der Waals surface area (Å²) in [5.74, 6) is -1.80. The van der Waals surface area contributed by atoms with E-state index < -0.39 is 17.9 Å². The van der Waals surface area contributed by atoms with Gasteiger partial charge >= 0.3 is 0 Å². The molecule has 2 aromatic carbocycles. The number of nitrogens with zero attached hydrogens (tertiary/aromatic N) is 2. The van der Waals surface area contributed by atoms with Crippen molar-refractivity contribution in [2.45, 2.75) is 19.9 Å². The molecule has 0 bridgehead atoms. The topological polar surface area (TPSA) is 61.2 Å². The van der Waals surface area contributed by atoms with E-state index in [2.05, 4.69) is 6.07 Å². The van der Waals surface area contributed by atoms with Crippen LogP contribution in [0.2, 0.25) is 0 Å². The maximum absolute atomic E-state index is 12.8. The van der Waals surface area contributed by atoms with Gasteiger partial charge in [-0.3, -0.25) is 9.59 Å². The van der Waals surface area contributed by atoms with Crippen molar-refractivity contribution in [3.05, 3.63) is 66.2 Å². The molecular formula is C21H22N2O2. The van der Waals surface area contributed by atoms with Crippen molar-refractivity contribution in [2.75, 3.05) is 11.9 Å². The quantitative estimate of drug-likeness (QED) is 0.572. The number of Topliss-reactive ketones (excluding diaryl/α,β-unsaturated/α-hetero) is 2. The molecule has 4 heteroatoms. The minimum absolute atomic E-state index is 0.212. The van der Waals surface area contributed by atoms with Gasteiger partial charge in [0, 0.05) is 24.2 Å². The van der Waals surface area contributed by atoms with Crippen LogP contribution in [0.1, 0.15) is 24.2 Å². The van der Waals surface area contributed by atoms with Crippen LogP contribution in [0.4, 0.5) is 5.69 Å². The number of hydrogen-bond donors (Lipinski definition) is 0.